The van der Waals surface area contributed by atoms with Crippen LogP contribution in [0.2, 0.25) is 0 Å². The molecule has 0 radical (unpaired) electrons. The number of aliphatic imine (C=N–C) groups is 1. The number of nitrogens with one attached hydrogen (secondary N) is 4. The van der Waals surface area contributed by atoms with Crippen LogP contribution in [0.3, 0.4) is 0 Å². The summed E-state index contributed by atoms with van der Waals surface area (Å²) >= 11 is 0. The van der Waals surface area contributed by atoms with E-state index >= 15 is 0 Å². The smallest absolute Gasteiger partial charge is 0.227 e. The lowest BCUT2D eigenvalue weighted by atomic mass is 10.1. The van der Waals surface area contributed by atoms with Crippen molar-refractivity contribution in [3.05, 3.63) is 60.4 Å². The van der Waals surface area contributed by atoms with Gasteiger partial charge >= 0.3 is 0 Å². The lowest BCUT2D eigenvalue weighted by molar-refractivity contribution is 0.290. The van der Waals surface area contributed by atoms with E-state index in [1.165, 1.54) is 12.8 Å². The fraction of sp³-hybridized carbons (Fsp3) is 0.464. The molecule has 1 saturated carbocycles. The SMILES string of the molecule is C=C(/C=C(/CNc1nc(N=C2CC(C3CC3)NN2)cc(NCCN(CC)CC)n1)OC)c1ccccc1. The Kier molecular flexibility index (Phi) is 9.51. The van der Waals surface area contributed by atoms with Crippen molar-refractivity contribution < 1.29 is 4.74 Å². The van der Waals surface area contributed by atoms with Crippen molar-refractivity contribution in [3.8, 4) is 0 Å². The van der Waals surface area contributed by atoms with Gasteiger partial charge in [-0.3, -0.25) is 0 Å². The quantitative estimate of drug-likeness (QED) is 0.225. The maximum Gasteiger partial charge on any atom is 0.227 e. The summed E-state index contributed by atoms with van der Waals surface area (Å²) in [5.74, 6) is 4.24. The van der Waals surface area contributed by atoms with Gasteiger partial charge in [-0.05, 0) is 49.1 Å². The third kappa shape index (κ3) is 8.03. The zero-order valence-corrected chi connectivity index (χ0v) is 22.3. The first-order chi connectivity index (χ1) is 18.1. The molecule has 4 N–H and O–H groups in total. The minimum Gasteiger partial charge on any atom is -0.499 e. The van der Waals surface area contributed by atoms with Gasteiger partial charge in [-0.1, -0.05) is 50.8 Å². The molecule has 9 nitrogen and oxygen atoms in total. The molecule has 0 spiro atoms. The van der Waals surface area contributed by atoms with Crippen molar-refractivity contribution >= 4 is 29.0 Å². The molecule has 1 aliphatic carbocycles. The molecule has 37 heavy (non-hydrogen) atoms. The second-order valence-corrected chi connectivity index (χ2v) is 9.42. The van der Waals surface area contributed by atoms with Crippen molar-refractivity contribution in [2.75, 3.05) is 50.5 Å². The van der Waals surface area contributed by atoms with Gasteiger partial charge in [-0.25, -0.2) is 10.4 Å². The molecular formula is C28H40N8O. The Labute approximate surface area is 220 Å². The molecule has 198 valence electrons. The van der Waals surface area contributed by atoms with Gasteiger partial charge in [0, 0.05) is 31.6 Å². The molecule has 1 unspecified atom stereocenters. The van der Waals surface area contributed by atoms with Gasteiger partial charge in [0.15, 0.2) is 5.82 Å². The monoisotopic (exact) mass is 504 g/mol. The molecule has 2 fully saturated rings. The van der Waals surface area contributed by atoms with Crippen molar-refractivity contribution in [3.63, 3.8) is 0 Å². The third-order valence-corrected chi connectivity index (χ3v) is 6.76. The topological polar surface area (TPSA) is 98.7 Å². The summed E-state index contributed by atoms with van der Waals surface area (Å²) in [6.07, 6.45) is 5.41. The Morgan fingerprint density at radius 2 is 1.97 bits per heavy atom. The molecule has 1 saturated heterocycles. The van der Waals surface area contributed by atoms with Crippen molar-refractivity contribution in [1.82, 2.24) is 25.7 Å². The van der Waals surface area contributed by atoms with Gasteiger partial charge in [0.1, 0.15) is 17.4 Å². The Balaban J connectivity index is 1.46. The average molecular weight is 505 g/mol. The van der Waals surface area contributed by atoms with Crippen LogP contribution in [0, 0.1) is 5.92 Å². The minimum absolute atomic E-state index is 0.421. The first-order valence-corrected chi connectivity index (χ1v) is 13.2. The molecular weight excluding hydrogens is 464 g/mol. The van der Waals surface area contributed by atoms with Crippen LogP contribution < -0.4 is 21.5 Å². The van der Waals surface area contributed by atoms with E-state index < -0.39 is 0 Å². The minimum atomic E-state index is 0.421. The molecule has 1 aliphatic heterocycles. The van der Waals surface area contributed by atoms with Gasteiger partial charge in [0.25, 0.3) is 0 Å². The second-order valence-electron chi connectivity index (χ2n) is 9.42. The van der Waals surface area contributed by atoms with E-state index in [1.807, 2.05) is 42.5 Å². The number of likely N-dealkylation sites (N-methyl/N-ethyl adjacent to an activating group) is 1. The van der Waals surface area contributed by atoms with Crippen LogP contribution in [-0.2, 0) is 4.74 Å². The fourth-order valence-corrected chi connectivity index (χ4v) is 4.30. The lowest BCUT2D eigenvalue weighted by Gasteiger charge is -2.18. The van der Waals surface area contributed by atoms with E-state index in [1.54, 1.807) is 7.11 Å². The predicted molar refractivity (Wildman–Crippen MR) is 152 cm³/mol. The summed E-state index contributed by atoms with van der Waals surface area (Å²) in [6, 6.07) is 12.4. The molecule has 2 aliphatic rings. The maximum absolute atomic E-state index is 5.60. The normalized spacial score (nSPS) is 18.6. The number of hydrazine groups is 1. The molecule has 0 amide bonds. The average Bonchev–Trinajstić information content (AvgIpc) is 3.68. The molecule has 1 aromatic carbocycles. The van der Waals surface area contributed by atoms with Crippen LogP contribution in [0.5, 0.6) is 0 Å². The summed E-state index contributed by atoms with van der Waals surface area (Å²) in [4.78, 5) is 16.5. The highest BCUT2D eigenvalue weighted by molar-refractivity contribution is 5.86. The largest absolute Gasteiger partial charge is 0.499 e. The zero-order valence-electron chi connectivity index (χ0n) is 22.3. The zero-order chi connectivity index (χ0) is 26.0. The van der Waals surface area contributed by atoms with Gasteiger partial charge in [-0.15, -0.1) is 0 Å². The molecule has 1 atom stereocenters. The van der Waals surface area contributed by atoms with Gasteiger partial charge in [-0.2, -0.15) is 9.97 Å². The van der Waals surface area contributed by atoms with E-state index in [4.69, 9.17) is 14.7 Å². The van der Waals surface area contributed by atoms with Crippen molar-refractivity contribution in [1.29, 1.82) is 0 Å². The van der Waals surface area contributed by atoms with E-state index in [0.29, 0.717) is 24.4 Å². The predicted octanol–water partition coefficient (Wildman–Crippen LogP) is 4.19. The Bertz CT molecular complexity index is 1090. The number of ether oxygens (including phenoxy) is 1. The standard InChI is InChI=1S/C28H40N8O/c1-5-36(6-2)15-14-29-25-18-26(31-27-17-24(34-35-27)22-12-13-22)33-28(32-25)30-19-23(37-4)16-20(3)21-10-8-7-9-11-21/h7-11,16,18,22,24,34H,3,5-6,12-15,17,19H2,1-2,4H3,(H3,29,30,31,32,33,35)/b23-16-. The van der Waals surface area contributed by atoms with Crippen molar-refractivity contribution in [2.45, 2.75) is 39.2 Å². The summed E-state index contributed by atoms with van der Waals surface area (Å²) in [7, 11) is 1.66. The van der Waals surface area contributed by atoms with Gasteiger partial charge in [0.05, 0.1) is 13.7 Å². The summed E-state index contributed by atoms with van der Waals surface area (Å²) in [5.41, 5.74) is 8.53. The van der Waals surface area contributed by atoms with Crippen LogP contribution in [0.15, 0.2) is 59.8 Å². The van der Waals surface area contributed by atoms with Crippen LogP contribution >= 0.6 is 0 Å². The molecule has 0 bridgehead atoms. The summed E-state index contributed by atoms with van der Waals surface area (Å²) < 4.78 is 5.60. The van der Waals surface area contributed by atoms with Crippen LogP contribution in [0.25, 0.3) is 5.57 Å². The Morgan fingerprint density at radius 1 is 1.19 bits per heavy atom. The third-order valence-electron chi connectivity index (χ3n) is 6.76. The van der Waals surface area contributed by atoms with Crippen LogP contribution in [0.4, 0.5) is 17.6 Å². The second kappa shape index (κ2) is 13.2. The Hall–Kier alpha value is -3.43. The van der Waals surface area contributed by atoms with E-state index in [0.717, 1.165) is 67.1 Å². The van der Waals surface area contributed by atoms with E-state index in [9.17, 15) is 0 Å². The first kappa shape index (κ1) is 26.6. The van der Waals surface area contributed by atoms with E-state index in [2.05, 4.69) is 51.8 Å². The van der Waals surface area contributed by atoms with Gasteiger partial charge < -0.3 is 25.7 Å². The summed E-state index contributed by atoms with van der Waals surface area (Å²) in [6.45, 7) is 12.7. The highest BCUT2D eigenvalue weighted by atomic mass is 16.5. The lowest BCUT2D eigenvalue weighted by Crippen LogP contribution is -2.32. The molecule has 9 heteroatoms. The van der Waals surface area contributed by atoms with E-state index in [-0.39, 0.29) is 0 Å². The number of nitrogens with zero attached hydrogens (tertiary/aromatic N) is 4. The maximum atomic E-state index is 5.60. The number of anilines is 2. The number of hydrogen-bond donors (Lipinski definition) is 4. The molecule has 4 rings (SSSR count). The molecule has 1 aromatic heterocycles. The number of rotatable bonds is 14. The van der Waals surface area contributed by atoms with Crippen LogP contribution in [-0.4, -0.2) is 66.6 Å². The fourth-order valence-electron chi connectivity index (χ4n) is 4.30. The molecule has 2 aromatic rings. The van der Waals surface area contributed by atoms with Gasteiger partial charge in [0.2, 0.25) is 5.95 Å². The Morgan fingerprint density at radius 3 is 2.68 bits per heavy atom. The number of allylic oxidation sites excluding steroid dienone is 2. The van der Waals surface area contributed by atoms with Crippen molar-refractivity contribution in [2.24, 2.45) is 10.9 Å². The molecule has 2 heterocycles. The highest BCUT2D eigenvalue weighted by Gasteiger charge is 2.35. The number of aromatic nitrogens is 2. The summed E-state index contributed by atoms with van der Waals surface area (Å²) in [5, 5.41) is 6.75. The number of methoxy groups -OCH3 is 1. The number of benzene rings is 1. The highest BCUT2D eigenvalue weighted by Crippen LogP contribution is 2.35. The number of amidine groups is 1. The number of hydrogen-bond acceptors (Lipinski definition) is 8. The first-order valence-electron chi connectivity index (χ1n) is 13.2. The van der Waals surface area contributed by atoms with Crippen LogP contribution in [0.1, 0.15) is 38.7 Å².